The van der Waals surface area contributed by atoms with Crippen LogP contribution in [-0.2, 0) is 17.6 Å². The second-order valence-corrected chi connectivity index (χ2v) is 4.53. The summed E-state index contributed by atoms with van der Waals surface area (Å²) in [6.45, 7) is 0.531. The number of carbonyl (C=O) groups is 1. The third kappa shape index (κ3) is 4.27. The van der Waals surface area contributed by atoms with E-state index < -0.39 is 0 Å². The number of carbonyl (C=O) groups excluding carboxylic acids is 1. The van der Waals surface area contributed by atoms with Crippen molar-refractivity contribution in [3.8, 4) is 11.5 Å². The summed E-state index contributed by atoms with van der Waals surface area (Å²) in [5.41, 5.74) is 0.996. The topological polar surface area (TPSA) is 60.7 Å². The Morgan fingerprint density at radius 2 is 2.10 bits per heavy atom. The highest BCUT2D eigenvalue weighted by molar-refractivity contribution is 5.77. The van der Waals surface area contributed by atoms with E-state index in [-0.39, 0.29) is 12.3 Å². The lowest BCUT2D eigenvalue weighted by Crippen LogP contribution is -2.27. The minimum absolute atomic E-state index is 0.0631. The highest BCUT2D eigenvalue weighted by Crippen LogP contribution is 2.24. The summed E-state index contributed by atoms with van der Waals surface area (Å²) < 4.78 is 15.6. The number of hydrogen-bond acceptors (Lipinski definition) is 4. The number of ether oxygens (including phenoxy) is 2. The average molecular weight is 289 g/mol. The van der Waals surface area contributed by atoms with Crippen LogP contribution in [-0.4, -0.2) is 26.7 Å². The van der Waals surface area contributed by atoms with Crippen LogP contribution >= 0.6 is 0 Å². The van der Waals surface area contributed by atoms with Gasteiger partial charge in [0, 0.05) is 6.54 Å². The van der Waals surface area contributed by atoms with E-state index >= 15 is 0 Å². The van der Waals surface area contributed by atoms with E-state index in [4.69, 9.17) is 13.9 Å². The molecule has 112 valence electrons. The van der Waals surface area contributed by atoms with Crippen molar-refractivity contribution in [2.24, 2.45) is 0 Å². The first-order valence-corrected chi connectivity index (χ1v) is 6.73. The van der Waals surface area contributed by atoms with Gasteiger partial charge in [-0.05, 0) is 42.3 Å². The van der Waals surface area contributed by atoms with Crippen molar-refractivity contribution in [3.05, 3.63) is 47.9 Å². The van der Waals surface area contributed by atoms with Crippen molar-refractivity contribution in [2.75, 3.05) is 20.8 Å². The smallest absolute Gasteiger partial charge is 0.227 e. The Kier molecular flexibility index (Phi) is 5.26. The maximum Gasteiger partial charge on any atom is 0.227 e. The number of rotatable bonds is 7. The van der Waals surface area contributed by atoms with E-state index in [2.05, 4.69) is 5.32 Å². The lowest BCUT2D eigenvalue weighted by atomic mass is 10.1. The molecule has 0 aliphatic heterocycles. The van der Waals surface area contributed by atoms with Crippen LogP contribution in [0.3, 0.4) is 0 Å². The quantitative estimate of drug-likeness (QED) is 0.849. The van der Waals surface area contributed by atoms with E-state index in [1.165, 1.54) is 0 Å². The Hall–Kier alpha value is -2.43. The van der Waals surface area contributed by atoms with Gasteiger partial charge in [0.05, 0.1) is 26.9 Å². The third-order valence-corrected chi connectivity index (χ3v) is 3.12. The van der Waals surface area contributed by atoms with Gasteiger partial charge in [0.15, 0.2) is 0 Å². The molecule has 0 aliphatic rings. The second-order valence-electron chi connectivity index (χ2n) is 4.53. The number of hydrogen-bond donors (Lipinski definition) is 1. The van der Waals surface area contributed by atoms with Gasteiger partial charge < -0.3 is 19.2 Å². The Morgan fingerprint density at radius 3 is 2.76 bits per heavy atom. The van der Waals surface area contributed by atoms with E-state index in [1.807, 2.05) is 18.2 Å². The first kappa shape index (κ1) is 15.0. The SMILES string of the molecule is COc1ccc(OC)c(CCNC(=O)Cc2ccco2)c1. The monoisotopic (exact) mass is 289 g/mol. The Morgan fingerprint density at radius 1 is 1.24 bits per heavy atom. The molecule has 2 rings (SSSR count). The summed E-state index contributed by atoms with van der Waals surface area (Å²) in [6.07, 6.45) is 2.48. The number of furan rings is 1. The first-order valence-electron chi connectivity index (χ1n) is 6.73. The Labute approximate surface area is 123 Å². The fourth-order valence-corrected chi connectivity index (χ4v) is 2.05. The van der Waals surface area contributed by atoms with Gasteiger partial charge in [-0.25, -0.2) is 0 Å². The fraction of sp³-hybridized carbons (Fsp3) is 0.312. The van der Waals surface area contributed by atoms with Gasteiger partial charge in [-0.3, -0.25) is 4.79 Å². The lowest BCUT2D eigenvalue weighted by molar-refractivity contribution is -0.120. The van der Waals surface area contributed by atoms with Gasteiger partial charge in [-0.2, -0.15) is 0 Å². The number of nitrogens with one attached hydrogen (secondary N) is 1. The molecule has 0 saturated carbocycles. The minimum Gasteiger partial charge on any atom is -0.497 e. The molecule has 0 bridgehead atoms. The van der Waals surface area contributed by atoms with Gasteiger partial charge in [-0.15, -0.1) is 0 Å². The van der Waals surface area contributed by atoms with Crippen molar-refractivity contribution >= 4 is 5.91 Å². The van der Waals surface area contributed by atoms with Crippen molar-refractivity contribution in [1.29, 1.82) is 0 Å². The molecular weight excluding hydrogens is 270 g/mol. The standard InChI is InChI=1S/C16H19NO4/c1-19-13-5-6-15(20-2)12(10-13)7-8-17-16(18)11-14-4-3-9-21-14/h3-6,9-10H,7-8,11H2,1-2H3,(H,17,18). The van der Waals surface area contributed by atoms with Gasteiger partial charge in [0.1, 0.15) is 17.3 Å². The third-order valence-electron chi connectivity index (χ3n) is 3.12. The Balaban J connectivity index is 1.86. The molecule has 1 aromatic heterocycles. The average Bonchev–Trinajstić information content (AvgIpc) is 3.00. The summed E-state index contributed by atoms with van der Waals surface area (Å²) >= 11 is 0. The number of amides is 1. The summed E-state index contributed by atoms with van der Waals surface area (Å²) in [5, 5.41) is 2.86. The van der Waals surface area contributed by atoms with Crippen molar-refractivity contribution in [1.82, 2.24) is 5.32 Å². The molecule has 2 aromatic rings. The second kappa shape index (κ2) is 7.38. The molecule has 1 heterocycles. The highest BCUT2D eigenvalue weighted by atomic mass is 16.5. The van der Waals surface area contributed by atoms with Gasteiger partial charge >= 0.3 is 0 Å². The molecule has 0 fully saturated rings. The van der Waals surface area contributed by atoms with Crippen LogP contribution < -0.4 is 14.8 Å². The van der Waals surface area contributed by atoms with Crippen LogP contribution in [0.2, 0.25) is 0 Å². The number of benzene rings is 1. The minimum atomic E-state index is -0.0631. The molecule has 5 nitrogen and oxygen atoms in total. The van der Waals surface area contributed by atoms with Crippen molar-refractivity contribution < 1.29 is 18.7 Å². The molecule has 5 heteroatoms. The van der Waals surface area contributed by atoms with Crippen LogP contribution in [0.5, 0.6) is 11.5 Å². The fourth-order valence-electron chi connectivity index (χ4n) is 2.05. The molecule has 0 radical (unpaired) electrons. The first-order chi connectivity index (χ1) is 10.2. The molecule has 1 amide bonds. The van der Waals surface area contributed by atoms with Crippen molar-refractivity contribution in [3.63, 3.8) is 0 Å². The van der Waals surface area contributed by atoms with Crippen LogP contribution in [0.1, 0.15) is 11.3 Å². The normalized spacial score (nSPS) is 10.2. The highest BCUT2D eigenvalue weighted by Gasteiger charge is 2.08. The van der Waals surface area contributed by atoms with Crippen molar-refractivity contribution in [2.45, 2.75) is 12.8 Å². The van der Waals surface area contributed by atoms with Crippen LogP contribution in [0, 0.1) is 0 Å². The predicted molar refractivity (Wildman–Crippen MR) is 78.7 cm³/mol. The summed E-state index contributed by atoms with van der Waals surface area (Å²) in [5.74, 6) is 2.15. The largest absolute Gasteiger partial charge is 0.497 e. The zero-order valence-corrected chi connectivity index (χ0v) is 12.2. The van der Waals surface area contributed by atoms with Crippen LogP contribution in [0.4, 0.5) is 0 Å². The number of methoxy groups -OCH3 is 2. The molecule has 0 atom stereocenters. The van der Waals surface area contributed by atoms with E-state index in [0.29, 0.717) is 18.7 Å². The van der Waals surface area contributed by atoms with Gasteiger partial charge in [0.2, 0.25) is 5.91 Å². The maximum atomic E-state index is 11.8. The lowest BCUT2D eigenvalue weighted by Gasteiger charge is -2.11. The molecule has 0 saturated heterocycles. The molecule has 1 aromatic carbocycles. The van der Waals surface area contributed by atoms with E-state index in [0.717, 1.165) is 17.1 Å². The molecule has 0 unspecified atom stereocenters. The molecule has 0 aliphatic carbocycles. The molecule has 1 N–H and O–H groups in total. The van der Waals surface area contributed by atoms with E-state index in [9.17, 15) is 4.79 Å². The molecule has 0 spiro atoms. The molecular formula is C16H19NO4. The maximum absolute atomic E-state index is 11.8. The predicted octanol–water partition coefficient (Wildman–Crippen LogP) is 2.20. The Bertz CT molecular complexity index is 578. The zero-order valence-electron chi connectivity index (χ0n) is 12.2. The summed E-state index contributed by atoms with van der Waals surface area (Å²) in [4.78, 5) is 11.8. The zero-order chi connectivity index (χ0) is 15.1. The van der Waals surface area contributed by atoms with Gasteiger partial charge in [0.25, 0.3) is 0 Å². The van der Waals surface area contributed by atoms with Gasteiger partial charge in [-0.1, -0.05) is 0 Å². The molecule has 21 heavy (non-hydrogen) atoms. The summed E-state index contributed by atoms with van der Waals surface area (Å²) in [6, 6.07) is 9.17. The van der Waals surface area contributed by atoms with Crippen LogP contribution in [0.25, 0.3) is 0 Å². The van der Waals surface area contributed by atoms with Crippen LogP contribution in [0.15, 0.2) is 41.0 Å². The summed E-state index contributed by atoms with van der Waals surface area (Å²) in [7, 11) is 3.25. The van der Waals surface area contributed by atoms with E-state index in [1.54, 1.807) is 32.6 Å².